The second-order valence-corrected chi connectivity index (χ2v) is 7.98. The number of aryl methyl sites for hydroxylation is 1. The molecule has 0 aliphatic carbocycles. The molecule has 1 unspecified atom stereocenters. The third-order valence-corrected chi connectivity index (χ3v) is 5.55. The second-order valence-electron chi connectivity index (χ2n) is 7.98. The van der Waals surface area contributed by atoms with Crippen molar-refractivity contribution in [3.63, 3.8) is 0 Å². The lowest BCUT2D eigenvalue weighted by molar-refractivity contribution is -0.135. The number of amides is 2. The number of hydrogen-bond donors (Lipinski definition) is 0. The molecule has 1 fully saturated rings. The lowest BCUT2D eigenvalue weighted by Gasteiger charge is -2.37. The predicted molar refractivity (Wildman–Crippen MR) is 114 cm³/mol. The number of benzene rings is 2. The molecule has 5 heteroatoms. The molecule has 29 heavy (non-hydrogen) atoms. The van der Waals surface area contributed by atoms with Gasteiger partial charge in [-0.1, -0.05) is 43.7 Å². The quantitative estimate of drug-likeness (QED) is 0.776. The van der Waals surface area contributed by atoms with E-state index >= 15 is 0 Å². The Morgan fingerprint density at radius 2 is 1.55 bits per heavy atom. The summed E-state index contributed by atoms with van der Waals surface area (Å²) in [5.41, 5.74) is 2.79. The van der Waals surface area contributed by atoms with E-state index < -0.39 is 0 Å². The van der Waals surface area contributed by atoms with Gasteiger partial charge in [-0.25, -0.2) is 0 Å². The summed E-state index contributed by atoms with van der Waals surface area (Å²) in [7, 11) is 1.64. The summed E-state index contributed by atoms with van der Waals surface area (Å²) in [6.45, 7) is 8.39. The van der Waals surface area contributed by atoms with Crippen molar-refractivity contribution in [3.05, 3.63) is 65.2 Å². The smallest absolute Gasteiger partial charge is 0.253 e. The Bertz CT molecular complexity index is 853. The van der Waals surface area contributed by atoms with Gasteiger partial charge < -0.3 is 14.5 Å². The average molecular weight is 395 g/mol. The molecule has 0 saturated carbocycles. The van der Waals surface area contributed by atoms with Crippen LogP contribution in [-0.2, 0) is 4.79 Å². The van der Waals surface area contributed by atoms with Gasteiger partial charge in [-0.05, 0) is 42.7 Å². The molecule has 0 bridgehead atoms. The van der Waals surface area contributed by atoms with Crippen molar-refractivity contribution < 1.29 is 14.3 Å². The Morgan fingerprint density at radius 1 is 0.931 bits per heavy atom. The highest BCUT2D eigenvalue weighted by Gasteiger charge is 2.31. The zero-order valence-corrected chi connectivity index (χ0v) is 17.7. The van der Waals surface area contributed by atoms with Crippen LogP contribution < -0.4 is 4.74 Å². The maximum absolute atomic E-state index is 13.3. The van der Waals surface area contributed by atoms with Gasteiger partial charge in [0.15, 0.2) is 0 Å². The van der Waals surface area contributed by atoms with E-state index in [1.165, 1.54) is 0 Å². The average Bonchev–Trinajstić information content (AvgIpc) is 2.73. The fraction of sp³-hybridized carbons (Fsp3) is 0.417. The zero-order chi connectivity index (χ0) is 21.0. The Kier molecular flexibility index (Phi) is 6.57. The standard InChI is InChI=1S/C24H30N2O3/c1-17(2)22(19-8-10-21(29-4)11-9-19)24(28)26-14-12-25(13-15-26)23(27)20-7-5-6-18(3)16-20/h5-11,16-17,22H,12-15H2,1-4H3. The van der Waals surface area contributed by atoms with E-state index in [0.717, 1.165) is 16.9 Å². The number of piperazine rings is 1. The summed E-state index contributed by atoms with van der Waals surface area (Å²) in [6, 6.07) is 15.4. The number of hydrogen-bond acceptors (Lipinski definition) is 3. The number of carbonyl (C=O) groups is 2. The third-order valence-electron chi connectivity index (χ3n) is 5.55. The van der Waals surface area contributed by atoms with Crippen LogP contribution >= 0.6 is 0 Å². The summed E-state index contributed by atoms with van der Waals surface area (Å²) in [6.07, 6.45) is 0. The summed E-state index contributed by atoms with van der Waals surface area (Å²) in [4.78, 5) is 29.8. The molecule has 2 amide bonds. The largest absolute Gasteiger partial charge is 0.497 e. The first-order valence-corrected chi connectivity index (χ1v) is 10.2. The molecule has 1 saturated heterocycles. The molecule has 2 aromatic rings. The van der Waals surface area contributed by atoms with Gasteiger partial charge in [0.1, 0.15) is 5.75 Å². The minimum Gasteiger partial charge on any atom is -0.497 e. The molecule has 5 nitrogen and oxygen atoms in total. The van der Waals surface area contributed by atoms with Crippen molar-refractivity contribution in [1.29, 1.82) is 0 Å². The molecule has 0 N–H and O–H groups in total. The number of carbonyl (C=O) groups excluding carboxylic acids is 2. The van der Waals surface area contributed by atoms with Crippen LogP contribution in [0.25, 0.3) is 0 Å². The minimum atomic E-state index is -0.195. The van der Waals surface area contributed by atoms with Crippen molar-refractivity contribution >= 4 is 11.8 Å². The number of rotatable bonds is 5. The van der Waals surface area contributed by atoms with Crippen molar-refractivity contribution in [2.24, 2.45) is 5.92 Å². The number of nitrogens with zero attached hydrogens (tertiary/aromatic N) is 2. The first-order chi connectivity index (χ1) is 13.9. The molecule has 154 valence electrons. The van der Waals surface area contributed by atoms with Gasteiger partial charge in [0.05, 0.1) is 13.0 Å². The normalized spacial score (nSPS) is 15.3. The van der Waals surface area contributed by atoms with E-state index in [0.29, 0.717) is 31.7 Å². The fourth-order valence-corrected chi connectivity index (χ4v) is 3.91. The highest BCUT2D eigenvalue weighted by atomic mass is 16.5. The number of methoxy groups -OCH3 is 1. The molecule has 0 aromatic heterocycles. The van der Waals surface area contributed by atoms with Crippen LogP contribution in [0.5, 0.6) is 5.75 Å². The Hall–Kier alpha value is -2.82. The van der Waals surface area contributed by atoms with Crippen LogP contribution in [0, 0.1) is 12.8 Å². The fourth-order valence-electron chi connectivity index (χ4n) is 3.91. The maximum Gasteiger partial charge on any atom is 0.253 e. The van der Waals surface area contributed by atoms with Gasteiger partial charge in [0, 0.05) is 31.7 Å². The van der Waals surface area contributed by atoms with Gasteiger partial charge in [-0.2, -0.15) is 0 Å². The highest BCUT2D eigenvalue weighted by Crippen LogP contribution is 2.29. The summed E-state index contributed by atoms with van der Waals surface area (Å²) in [5.74, 6) is 0.943. The van der Waals surface area contributed by atoms with Crippen molar-refractivity contribution in [2.45, 2.75) is 26.7 Å². The monoisotopic (exact) mass is 394 g/mol. The zero-order valence-electron chi connectivity index (χ0n) is 17.7. The van der Waals surface area contributed by atoms with Crippen molar-refractivity contribution in [2.75, 3.05) is 33.3 Å². The van der Waals surface area contributed by atoms with E-state index in [-0.39, 0.29) is 23.7 Å². The Labute approximate surface area is 173 Å². The first kappa shape index (κ1) is 20.9. The highest BCUT2D eigenvalue weighted by molar-refractivity contribution is 5.94. The maximum atomic E-state index is 13.3. The molecular formula is C24H30N2O3. The van der Waals surface area contributed by atoms with Crippen LogP contribution in [0.3, 0.4) is 0 Å². The molecular weight excluding hydrogens is 364 g/mol. The van der Waals surface area contributed by atoms with Crippen LogP contribution in [0.4, 0.5) is 0 Å². The van der Waals surface area contributed by atoms with Gasteiger partial charge in [0.25, 0.3) is 5.91 Å². The van der Waals surface area contributed by atoms with Gasteiger partial charge in [0.2, 0.25) is 5.91 Å². The topological polar surface area (TPSA) is 49.9 Å². The van der Waals surface area contributed by atoms with Gasteiger partial charge in [-0.3, -0.25) is 9.59 Å². The molecule has 1 aliphatic heterocycles. The predicted octanol–water partition coefficient (Wildman–Crippen LogP) is 3.73. The number of ether oxygens (including phenoxy) is 1. The van der Waals surface area contributed by atoms with E-state index in [4.69, 9.17) is 4.74 Å². The van der Waals surface area contributed by atoms with E-state index in [2.05, 4.69) is 13.8 Å². The van der Waals surface area contributed by atoms with Crippen molar-refractivity contribution in [3.8, 4) is 5.75 Å². The lowest BCUT2D eigenvalue weighted by Crippen LogP contribution is -2.52. The van der Waals surface area contributed by atoms with Crippen LogP contribution in [0.15, 0.2) is 48.5 Å². The van der Waals surface area contributed by atoms with Crippen LogP contribution in [0.1, 0.15) is 41.3 Å². The molecule has 1 atom stereocenters. The molecule has 1 heterocycles. The molecule has 2 aromatic carbocycles. The van der Waals surface area contributed by atoms with E-state index in [1.807, 2.05) is 65.3 Å². The van der Waals surface area contributed by atoms with Gasteiger partial charge in [-0.15, -0.1) is 0 Å². The van der Waals surface area contributed by atoms with Gasteiger partial charge >= 0.3 is 0 Å². The second kappa shape index (κ2) is 9.12. The van der Waals surface area contributed by atoms with E-state index in [1.54, 1.807) is 7.11 Å². The summed E-state index contributed by atoms with van der Waals surface area (Å²) >= 11 is 0. The van der Waals surface area contributed by atoms with Crippen LogP contribution in [0.2, 0.25) is 0 Å². The van der Waals surface area contributed by atoms with E-state index in [9.17, 15) is 9.59 Å². The molecule has 1 aliphatic rings. The minimum absolute atomic E-state index is 0.0383. The third kappa shape index (κ3) is 4.78. The van der Waals surface area contributed by atoms with Crippen molar-refractivity contribution in [1.82, 2.24) is 9.80 Å². The summed E-state index contributed by atoms with van der Waals surface area (Å²) < 4.78 is 5.23. The lowest BCUT2D eigenvalue weighted by atomic mass is 9.87. The Balaban J connectivity index is 1.66. The summed E-state index contributed by atoms with van der Waals surface area (Å²) in [5, 5.41) is 0. The molecule has 0 spiro atoms. The Morgan fingerprint density at radius 3 is 2.10 bits per heavy atom. The molecule has 3 rings (SSSR count). The SMILES string of the molecule is COc1ccc(C(C(=O)N2CCN(C(=O)c3cccc(C)c3)CC2)C(C)C)cc1. The first-order valence-electron chi connectivity index (χ1n) is 10.2. The van der Waals surface area contributed by atoms with Crippen LogP contribution in [-0.4, -0.2) is 54.9 Å². The molecule has 0 radical (unpaired) electrons.